The molecule has 4 heterocycles. The molecule has 0 bridgehead atoms. The number of allylic oxidation sites excluding steroid dienone is 4. The van der Waals surface area contributed by atoms with Gasteiger partial charge in [-0.05, 0) is 90.2 Å². The van der Waals surface area contributed by atoms with Crippen LogP contribution in [0.15, 0.2) is 191 Å². The lowest BCUT2D eigenvalue weighted by Gasteiger charge is -2.31. The average molecular weight is 725 g/mol. The van der Waals surface area contributed by atoms with E-state index < -0.39 is 0 Å². The number of hydrogen-bond acceptors (Lipinski definition) is 4. The number of hydrogen-bond donors (Lipinski definition) is 0. The number of fused-ring (bicyclic) bond motifs is 6. The van der Waals surface area contributed by atoms with E-state index in [0.717, 1.165) is 33.2 Å². The Bertz CT molecular complexity index is 2980. The number of para-hydroxylation sites is 1. The van der Waals surface area contributed by atoms with E-state index in [1.807, 2.05) is 0 Å². The minimum Gasteiger partial charge on any atom is -0.334 e. The van der Waals surface area contributed by atoms with E-state index in [1.165, 1.54) is 59.8 Å². The van der Waals surface area contributed by atoms with Gasteiger partial charge in [0.05, 0.1) is 28.3 Å². The van der Waals surface area contributed by atoms with Crippen molar-refractivity contribution in [2.75, 3.05) is 4.90 Å². The number of aromatic nitrogens is 3. The van der Waals surface area contributed by atoms with Gasteiger partial charge < -0.3 is 4.90 Å². The van der Waals surface area contributed by atoms with Gasteiger partial charge in [0, 0.05) is 48.8 Å². The van der Waals surface area contributed by atoms with Gasteiger partial charge in [0.2, 0.25) is 5.95 Å². The van der Waals surface area contributed by atoms with Crippen molar-refractivity contribution < 1.29 is 0 Å². The number of rotatable bonds is 5. The van der Waals surface area contributed by atoms with Crippen molar-refractivity contribution in [3.05, 3.63) is 187 Å². The summed E-state index contributed by atoms with van der Waals surface area (Å²) in [5.74, 6) is 0.933. The summed E-state index contributed by atoms with van der Waals surface area (Å²) in [6, 6.07) is 50.3. The van der Waals surface area contributed by atoms with Gasteiger partial charge in [0.25, 0.3) is 0 Å². The van der Waals surface area contributed by atoms with Crippen LogP contribution in [-0.2, 0) is 0 Å². The standard InChI is InChI=1S/C50H36N4S/c1-3-12-42-31(2)40-29-34(24-28-44(40)53(42)36-25-21-33(22-26-36)32-13-5-4-6-14-32)35-23-27-38-37-15-7-9-18-43(37)54(45(38)30-35)50-51-41-17-11-20-47-48(41)49(52-50)39-16-8-10-19-46(39)55-47/h3-30,40,44H,1-2H3/b12-3-. The molecule has 0 radical (unpaired) electrons. The monoisotopic (exact) mass is 724 g/mol. The summed E-state index contributed by atoms with van der Waals surface area (Å²) in [7, 11) is 0. The summed E-state index contributed by atoms with van der Waals surface area (Å²) in [6.07, 6.45) is 11.6. The molecule has 6 aromatic carbocycles. The van der Waals surface area contributed by atoms with E-state index in [1.54, 1.807) is 11.8 Å². The summed E-state index contributed by atoms with van der Waals surface area (Å²) in [5.41, 5.74) is 14.0. The summed E-state index contributed by atoms with van der Waals surface area (Å²) in [5, 5.41) is 3.51. The molecule has 0 saturated heterocycles. The third kappa shape index (κ3) is 5.00. The predicted molar refractivity (Wildman–Crippen MR) is 230 cm³/mol. The molecule has 3 aliphatic rings. The highest BCUT2D eigenvalue weighted by molar-refractivity contribution is 7.99. The molecule has 5 heteroatoms. The molecular formula is C50H36N4S. The summed E-state index contributed by atoms with van der Waals surface area (Å²) < 4.78 is 2.27. The van der Waals surface area contributed by atoms with Crippen molar-refractivity contribution in [2.45, 2.75) is 29.7 Å². The van der Waals surface area contributed by atoms with E-state index in [4.69, 9.17) is 9.97 Å². The number of anilines is 1. The Labute approximate surface area is 324 Å². The van der Waals surface area contributed by atoms with Crippen molar-refractivity contribution in [1.29, 1.82) is 0 Å². The molecule has 1 aliphatic carbocycles. The molecule has 262 valence electrons. The first-order valence-corrected chi connectivity index (χ1v) is 19.8. The lowest BCUT2D eigenvalue weighted by Crippen LogP contribution is -2.32. The van der Waals surface area contributed by atoms with Gasteiger partial charge in [-0.25, -0.2) is 9.97 Å². The van der Waals surface area contributed by atoms with E-state index in [-0.39, 0.29) is 12.0 Å². The first kappa shape index (κ1) is 32.0. The first-order chi connectivity index (χ1) is 27.1. The molecule has 4 nitrogen and oxygen atoms in total. The molecule has 8 aromatic rings. The van der Waals surface area contributed by atoms with E-state index in [2.05, 4.69) is 193 Å². The van der Waals surface area contributed by atoms with E-state index >= 15 is 0 Å². The summed E-state index contributed by atoms with van der Waals surface area (Å²) >= 11 is 1.80. The Hall–Kier alpha value is -6.43. The molecule has 2 aliphatic heterocycles. The van der Waals surface area contributed by atoms with Crippen molar-refractivity contribution in [1.82, 2.24) is 14.5 Å². The van der Waals surface area contributed by atoms with Crippen LogP contribution in [0.5, 0.6) is 0 Å². The Morgan fingerprint density at radius 3 is 2.29 bits per heavy atom. The molecule has 2 unspecified atom stereocenters. The maximum absolute atomic E-state index is 5.39. The molecule has 0 saturated carbocycles. The fourth-order valence-electron chi connectivity index (χ4n) is 8.89. The number of nitrogens with zero attached hydrogens (tertiary/aromatic N) is 4. The molecular weight excluding hydrogens is 689 g/mol. The molecule has 2 aromatic heterocycles. The molecule has 0 N–H and O–H groups in total. The van der Waals surface area contributed by atoms with Crippen LogP contribution in [0.4, 0.5) is 5.69 Å². The molecule has 2 atom stereocenters. The third-order valence-corrected chi connectivity index (χ3v) is 12.6. The van der Waals surface area contributed by atoms with Gasteiger partial charge in [-0.2, -0.15) is 0 Å². The van der Waals surface area contributed by atoms with E-state index in [0.29, 0.717) is 5.95 Å². The fraction of sp³-hybridized carbons (Fsp3) is 0.0800. The van der Waals surface area contributed by atoms with Crippen LogP contribution in [0.2, 0.25) is 0 Å². The second-order valence-electron chi connectivity index (χ2n) is 14.6. The first-order valence-electron chi connectivity index (χ1n) is 18.9. The molecule has 0 spiro atoms. The second kappa shape index (κ2) is 12.6. The minimum atomic E-state index is 0.196. The Morgan fingerprint density at radius 2 is 1.42 bits per heavy atom. The summed E-state index contributed by atoms with van der Waals surface area (Å²) in [6.45, 7) is 4.40. The van der Waals surface area contributed by atoms with Crippen molar-refractivity contribution in [2.24, 2.45) is 5.92 Å². The quantitative estimate of drug-likeness (QED) is 0.177. The highest BCUT2D eigenvalue weighted by Gasteiger charge is 2.37. The van der Waals surface area contributed by atoms with Gasteiger partial charge in [0.15, 0.2) is 0 Å². The summed E-state index contributed by atoms with van der Waals surface area (Å²) in [4.78, 5) is 15.6. The van der Waals surface area contributed by atoms with Crippen LogP contribution in [0, 0.1) is 5.92 Å². The Morgan fingerprint density at radius 1 is 0.673 bits per heavy atom. The zero-order valence-corrected chi connectivity index (χ0v) is 31.3. The maximum Gasteiger partial charge on any atom is 0.235 e. The predicted octanol–water partition coefficient (Wildman–Crippen LogP) is 12.8. The van der Waals surface area contributed by atoms with E-state index in [9.17, 15) is 0 Å². The highest BCUT2D eigenvalue weighted by Crippen LogP contribution is 2.48. The average Bonchev–Trinajstić information content (AvgIpc) is 3.71. The Balaban J connectivity index is 1.02. The maximum atomic E-state index is 5.39. The number of benzene rings is 6. The van der Waals surface area contributed by atoms with Gasteiger partial charge in [0.1, 0.15) is 0 Å². The SMILES string of the molecule is C/C=C\C1=C(C)C2C=C(c3ccc4c5ccccc5n(-c5nc6c7c(cccc7n5)Sc5ccccc5-6)c4c3)C=CC2N1c1ccc(-c2ccccc2)cc1. The van der Waals surface area contributed by atoms with Crippen molar-refractivity contribution in [3.8, 4) is 28.3 Å². The van der Waals surface area contributed by atoms with Crippen LogP contribution in [0.25, 0.3) is 66.6 Å². The van der Waals surface area contributed by atoms with Crippen molar-refractivity contribution in [3.63, 3.8) is 0 Å². The fourth-order valence-corrected chi connectivity index (χ4v) is 10.00. The van der Waals surface area contributed by atoms with Crippen LogP contribution >= 0.6 is 11.8 Å². The molecule has 55 heavy (non-hydrogen) atoms. The normalized spacial score (nSPS) is 17.4. The van der Waals surface area contributed by atoms with Crippen LogP contribution in [0.1, 0.15) is 19.4 Å². The topological polar surface area (TPSA) is 34.0 Å². The van der Waals surface area contributed by atoms with Crippen LogP contribution < -0.4 is 4.90 Å². The van der Waals surface area contributed by atoms with Gasteiger partial charge >= 0.3 is 0 Å². The van der Waals surface area contributed by atoms with Gasteiger partial charge in [-0.3, -0.25) is 4.57 Å². The highest BCUT2D eigenvalue weighted by atomic mass is 32.2. The van der Waals surface area contributed by atoms with Gasteiger partial charge in [-0.1, -0.05) is 133 Å². The zero-order chi connectivity index (χ0) is 36.6. The Kier molecular flexibility index (Phi) is 7.33. The zero-order valence-electron chi connectivity index (χ0n) is 30.5. The van der Waals surface area contributed by atoms with Gasteiger partial charge in [-0.15, -0.1) is 0 Å². The minimum absolute atomic E-state index is 0.196. The third-order valence-electron chi connectivity index (χ3n) is 11.5. The second-order valence-corrected chi connectivity index (χ2v) is 15.6. The lowest BCUT2D eigenvalue weighted by molar-refractivity contribution is 0.679. The molecule has 0 fully saturated rings. The smallest absolute Gasteiger partial charge is 0.235 e. The van der Waals surface area contributed by atoms with Crippen LogP contribution in [0.3, 0.4) is 0 Å². The van der Waals surface area contributed by atoms with Crippen LogP contribution in [-0.4, -0.2) is 20.6 Å². The van der Waals surface area contributed by atoms with Crippen molar-refractivity contribution >= 4 is 55.7 Å². The molecule has 0 amide bonds. The molecule has 11 rings (SSSR count). The lowest BCUT2D eigenvalue weighted by atomic mass is 9.86. The largest absolute Gasteiger partial charge is 0.334 e.